The molecule has 2 aliphatic heterocycles. The van der Waals surface area contributed by atoms with E-state index in [1.165, 1.54) is 23.7 Å². The Morgan fingerprint density at radius 1 is 1.18 bits per heavy atom. The standard InChI is InChI=1S/C19H22N4O4S/c1-27-16-5-4-10-21-18(16)22-19(24)14-11-13-7-8-15(14)23(12-13)28(25,26)17-6-2-3-9-20-17/h2-6,9-10,13-15H,7-8,11-12H2,1H3,(H,21,22,24). The molecule has 1 saturated carbocycles. The third kappa shape index (κ3) is 3.35. The number of pyridine rings is 2. The molecule has 0 radical (unpaired) electrons. The number of rotatable bonds is 5. The van der Waals surface area contributed by atoms with Crippen LogP contribution in [0.2, 0.25) is 0 Å². The van der Waals surface area contributed by atoms with Crippen molar-refractivity contribution < 1.29 is 17.9 Å². The molecule has 0 spiro atoms. The molecular formula is C19H22N4O4S. The van der Waals surface area contributed by atoms with Crippen LogP contribution in [0, 0.1) is 11.8 Å². The van der Waals surface area contributed by atoms with E-state index in [1.54, 1.807) is 30.5 Å². The van der Waals surface area contributed by atoms with Crippen molar-refractivity contribution in [1.29, 1.82) is 0 Å². The highest BCUT2D eigenvalue weighted by atomic mass is 32.2. The van der Waals surface area contributed by atoms with E-state index in [9.17, 15) is 13.2 Å². The van der Waals surface area contributed by atoms with E-state index >= 15 is 0 Å². The van der Waals surface area contributed by atoms with Gasteiger partial charge in [-0.15, -0.1) is 0 Å². The van der Waals surface area contributed by atoms with Crippen molar-refractivity contribution in [3.63, 3.8) is 0 Å². The van der Waals surface area contributed by atoms with Gasteiger partial charge in [0.15, 0.2) is 16.6 Å². The smallest absolute Gasteiger partial charge is 0.260 e. The minimum Gasteiger partial charge on any atom is -0.493 e. The zero-order valence-electron chi connectivity index (χ0n) is 15.5. The average Bonchev–Trinajstić information content (AvgIpc) is 2.75. The van der Waals surface area contributed by atoms with Gasteiger partial charge in [0.25, 0.3) is 10.0 Å². The third-order valence-electron chi connectivity index (χ3n) is 5.51. The first kappa shape index (κ1) is 18.8. The van der Waals surface area contributed by atoms with E-state index in [0.29, 0.717) is 31.0 Å². The Morgan fingerprint density at radius 2 is 2.00 bits per heavy atom. The summed E-state index contributed by atoms with van der Waals surface area (Å²) in [6.07, 6.45) is 5.29. The van der Waals surface area contributed by atoms with Gasteiger partial charge in [-0.3, -0.25) is 4.79 Å². The second-order valence-corrected chi connectivity index (χ2v) is 8.98. The Hall–Kier alpha value is -2.52. The quantitative estimate of drug-likeness (QED) is 0.820. The molecule has 148 valence electrons. The molecule has 5 rings (SSSR count). The minimum absolute atomic E-state index is 0.0214. The molecule has 8 nitrogen and oxygen atoms in total. The number of carbonyl (C=O) groups excluding carboxylic acids is 1. The normalized spacial score (nSPS) is 24.7. The van der Waals surface area contributed by atoms with Crippen LogP contribution in [0.5, 0.6) is 5.75 Å². The Balaban J connectivity index is 1.59. The van der Waals surface area contributed by atoms with Gasteiger partial charge in [0.1, 0.15) is 0 Å². The lowest BCUT2D eigenvalue weighted by Gasteiger charge is -2.48. The van der Waals surface area contributed by atoms with Crippen LogP contribution in [-0.2, 0) is 14.8 Å². The number of amides is 1. The number of methoxy groups -OCH3 is 1. The Kier molecular flexibility index (Phi) is 5.03. The SMILES string of the molecule is COc1cccnc1NC(=O)C1CC2CCC1N(S(=O)(=O)c1ccccn1)C2. The van der Waals surface area contributed by atoms with Gasteiger partial charge in [0.2, 0.25) is 5.91 Å². The number of fused-ring (bicyclic) bond motifs is 3. The first-order valence-electron chi connectivity index (χ1n) is 9.23. The number of nitrogens with one attached hydrogen (secondary N) is 1. The van der Waals surface area contributed by atoms with E-state index in [2.05, 4.69) is 15.3 Å². The van der Waals surface area contributed by atoms with Crippen LogP contribution in [0.15, 0.2) is 47.8 Å². The molecule has 1 N–H and O–H groups in total. The maximum absolute atomic E-state index is 13.1. The molecule has 9 heteroatoms. The van der Waals surface area contributed by atoms with Crippen molar-refractivity contribution in [2.24, 2.45) is 11.8 Å². The zero-order valence-corrected chi connectivity index (χ0v) is 16.3. The second kappa shape index (κ2) is 7.48. The molecule has 2 aromatic heterocycles. The van der Waals surface area contributed by atoms with Crippen LogP contribution in [-0.4, -0.2) is 48.3 Å². The molecule has 3 unspecified atom stereocenters. The first-order valence-corrected chi connectivity index (χ1v) is 10.7. The van der Waals surface area contributed by atoms with Crippen molar-refractivity contribution in [3.05, 3.63) is 42.7 Å². The number of hydrogen-bond donors (Lipinski definition) is 1. The zero-order chi connectivity index (χ0) is 19.7. The molecule has 4 heterocycles. The molecule has 1 amide bonds. The lowest BCUT2D eigenvalue weighted by Crippen LogP contribution is -2.57. The Morgan fingerprint density at radius 3 is 2.71 bits per heavy atom. The number of ether oxygens (including phenoxy) is 1. The van der Waals surface area contributed by atoms with Gasteiger partial charge in [0.05, 0.1) is 13.0 Å². The number of aromatic nitrogens is 2. The van der Waals surface area contributed by atoms with Crippen LogP contribution >= 0.6 is 0 Å². The van der Waals surface area contributed by atoms with E-state index in [1.807, 2.05) is 0 Å². The molecule has 2 aromatic rings. The van der Waals surface area contributed by atoms with E-state index in [4.69, 9.17) is 4.74 Å². The summed E-state index contributed by atoms with van der Waals surface area (Å²) in [6.45, 7) is 0.431. The lowest BCUT2D eigenvalue weighted by molar-refractivity contribution is -0.125. The largest absolute Gasteiger partial charge is 0.493 e. The second-order valence-electron chi connectivity index (χ2n) is 7.14. The van der Waals surface area contributed by atoms with E-state index in [-0.39, 0.29) is 22.9 Å². The number of nitrogens with zero attached hydrogens (tertiary/aromatic N) is 3. The summed E-state index contributed by atoms with van der Waals surface area (Å²) >= 11 is 0. The predicted octanol–water partition coefficient (Wildman–Crippen LogP) is 1.91. The van der Waals surface area contributed by atoms with Crippen LogP contribution in [0.25, 0.3) is 0 Å². The minimum atomic E-state index is -3.74. The predicted molar refractivity (Wildman–Crippen MR) is 102 cm³/mol. The Labute approximate surface area is 164 Å². The van der Waals surface area contributed by atoms with Crippen LogP contribution in [0.1, 0.15) is 19.3 Å². The topological polar surface area (TPSA) is 101 Å². The van der Waals surface area contributed by atoms with Gasteiger partial charge in [-0.05, 0) is 49.4 Å². The fourth-order valence-electron chi connectivity index (χ4n) is 4.18. The van der Waals surface area contributed by atoms with Crippen LogP contribution in [0.4, 0.5) is 5.82 Å². The van der Waals surface area contributed by atoms with Crippen molar-refractivity contribution >= 4 is 21.7 Å². The van der Waals surface area contributed by atoms with Gasteiger partial charge in [0, 0.05) is 25.0 Å². The Bertz CT molecular complexity index is 967. The fourth-order valence-corrected chi connectivity index (χ4v) is 5.88. The highest BCUT2D eigenvalue weighted by Crippen LogP contribution is 2.42. The summed E-state index contributed by atoms with van der Waals surface area (Å²) in [7, 11) is -2.23. The average molecular weight is 402 g/mol. The molecule has 3 aliphatic rings. The first-order chi connectivity index (χ1) is 13.5. The summed E-state index contributed by atoms with van der Waals surface area (Å²) in [5.74, 6) is 0.306. The lowest BCUT2D eigenvalue weighted by atomic mass is 9.73. The van der Waals surface area contributed by atoms with E-state index in [0.717, 1.165) is 6.42 Å². The van der Waals surface area contributed by atoms with Crippen molar-refractivity contribution in [2.45, 2.75) is 30.3 Å². The van der Waals surface area contributed by atoms with Gasteiger partial charge in [-0.1, -0.05) is 6.07 Å². The van der Waals surface area contributed by atoms with Crippen molar-refractivity contribution in [3.8, 4) is 5.75 Å². The van der Waals surface area contributed by atoms with Crippen molar-refractivity contribution in [1.82, 2.24) is 14.3 Å². The maximum Gasteiger partial charge on any atom is 0.260 e. The molecule has 3 atom stereocenters. The number of sulfonamides is 1. The van der Waals surface area contributed by atoms with Crippen molar-refractivity contribution in [2.75, 3.05) is 19.0 Å². The number of piperidine rings is 2. The molecule has 0 aromatic carbocycles. The molecular weight excluding hydrogens is 380 g/mol. The highest BCUT2D eigenvalue weighted by Gasteiger charge is 2.49. The summed E-state index contributed by atoms with van der Waals surface area (Å²) in [5, 5.41) is 2.84. The molecule has 3 fully saturated rings. The molecule has 28 heavy (non-hydrogen) atoms. The maximum atomic E-state index is 13.1. The molecule has 2 saturated heterocycles. The van der Waals surface area contributed by atoms with Gasteiger partial charge >= 0.3 is 0 Å². The third-order valence-corrected chi connectivity index (χ3v) is 7.32. The summed E-state index contributed by atoms with van der Waals surface area (Å²) in [5.41, 5.74) is 0. The summed E-state index contributed by atoms with van der Waals surface area (Å²) in [6, 6.07) is 7.88. The van der Waals surface area contributed by atoms with Crippen LogP contribution in [0.3, 0.4) is 0 Å². The molecule has 2 bridgehead atoms. The monoisotopic (exact) mass is 402 g/mol. The van der Waals surface area contributed by atoms with Gasteiger partial charge < -0.3 is 10.1 Å². The highest BCUT2D eigenvalue weighted by molar-refractivity contribution is 7.89. The summed E-state index contributed by atoms with van der Waals surface area (Å²) in [4.78, 5) is 21.2. The fraction of sp³-hybridized carbons (Fsp3) is 0.421. The van der Waals surface area contributed by atoms with E-state index < -0.39 is 15.9 Å². The number of carbonyl (C=O) groups is 1. The number of hydrogen-bond acceptors (Lipinski definition) is 6. The summed E-state index contributed by atoms with van der Waals surface area (Å²) < 4.78 is 32.9. The number of anilines is 1. The van der Waals surface area contributed by atoms with Gasteiger partial charge in [-0.25, -0.2) is 18.4 Å². The molecule has 1 aliphatic carbocycles. The van der Waals surface area contributed by atoms with Crippen LogP contribution < -0.4 is 10.1 Å². The van der Waals surface area contributed by atoms with Gasteiger partial charge in [-0.2, -0.15) is 4.31 Å².